The maximum atomic E-state index is 10.1. The van der Waals surface area contributed by atoms with Crippen molar-refractivity contribution in [1.82, 2.24) is 0 Å². The SMILES string of the molecule is NC1(O)CCC1C1CCC1(O)CI. The van der Waals surface area contributed by atoms with E-state index in [1.165, 1.54) is 0 Å². The van der Waals surface area contributed by atoms with Crippen LogP contribution in [-0.4, -0.2) is 26.0 Å². The first-order valence-corrected chi connectivity index (χ1v) is 6.32. The van der Waals surface area contributed by atoms with E-state index in [0.29, 0.717) is 6.42 Å². The molecule has 0 heterocycles. The van der Waals surface area contributed by atoms with Crippen molar-refractivity contribution in [2.75, 3.05) is 4.43 Å². The van der Waals surface area contributed by atoms with Gasteiger partial charge in [0.1, 0.15) is 5.72 Å². The van der Waals surface area contributed by atoms with Crippen LogP contribution in [0, 0.1) is 11.8 Å². The van der Waals surface area contributed by atoms with Crippen LogP contribution < -0.4 is 5.73 Å². The fraction of sp³-hybridized carbons (Fsp3) is 1.00. The molecule has 2 rings (SSSR count). The van der Waals surface area contributed by atoms with Crippen molar-refractivity contribution < 1.29 is 10.2 Å². The molecule has 4 N–H and O–H groups in total. The minimum Gasteiger partial charge on any atom is -0.389 e. The molecule has 0 radical (unpaired) electrons. The number of hydrogen-bond acceptors (Lipinski definition) is 3. The maximum absolute atomic E-state index is 10.1. The lowest BCUT2D eigenvalue weighted by molar-refractivity contribution is -0.190. The van der Waals surface area contributed by atoms with Crippen molar-refractivity contribution >= 4 is 22.6 Å². The number of alkyl halides is 1. The van der Waals surface area contributed by atoms with Crippen LogP contribution in [0.1, 0.15) is 25.7 Å². The van der Waals surface area contributed by atoms with Gasteiger partial charge in [-0.25, -0.2) is 0 Å². The Morgan fingerprint density at radius 1 is 1.23 bits per heavy atom. The van der Waals surface area contributed by atoms with E-state index in [2.05, 4.69) is 22.6 Å². The third-order valence-electron chi connectivity index (χ3n) is 3.79. The van der Waals surface area contributed by atoms with Crippen LogP contribution >= 0.6 is 22.6 Å². The van der Waals surface area contributed by atoms with Gasteiger partial charge in [-0.3, -0.25) is 0 Å². The summed E-state index contributed by atoms with van der Waals surface area (Å²) in [5, 5.41) is 19.8. The minimum absolute atomic E-state index is 0.126. The van der Waals surface area contributed by atoms with Crippen LogP contribution in [0.5, 0.6) is 0 Å². The van der Waals surface area contributed by atoms with E-state index >= 15 is 0 Å². The summed E-state index contributed by atoms with van der Waals surface area (Å²) in [6.07, 6.45) is 3.54. The molecule has 0 saturated heterocycles. The summed E-state index contributed by atoms with van der Waals surface area (Å²) in [7, 11) is 0. The number of hydrogen-bond donors (Lipinski definition) is 3. The van der Waals surface area contributed by atoms with E-state index < -0.39 is 11.3 Å². The summed E-state index contributed by atoms with van der Waals surface area (Å²) in [5.74, 6) is 0.356. The minimum atomic E-state index is -0.995. The molecule has 4 unspecified atom stereocenters. The van der Waals surface area contributed by atoms with Crippen LogP contribution in [-0.2, 0) is 0 Å². The van der Waals surface area contributed by atoms with Crippen molar-refractivity contribution in [2.24, 2.45) is 17.6 Å². The number of aliphatic hydroxyl groups is 2. The van der Waals surface area contributed by atoms with Gasteiger partial charge in [-0.15, -0.1) is 0 Å². The van der Waals surface area contributed by atoms with Gasteiger partial charge in [0.15, 0.2) is 0 Å². The Balaban J connectivity index is 2.03. The summed E-state index contributed by atoms with van der Waals surface area (Å²) in [5.41, 5.74) is 4.16. The van der Waals surface area contributed by atoms with Crippen molar-refractivity contribution in [3.8, 4) is 0 Å². The first-order chi connectivity index (χ1) is 5.99. The lowest BCUT2D eigenvalue weighted by Gasteiger charge is -2.56. The maximum Gasteiger partial charge on any atom is 0.116 e. The number of nitrogens with two attached hydrogens (primary N) is 1. The standard InChI is InChI=1S/C9H16INO2/c10-5-8(12)3-1-6(8)7-2-4-9(7,11)13/h6-7,12-13H,1-5,11H2. The van der Waals surface area contributed by atoms with Crippen molar-refractivity contribution in [1.29, 1.82) is 0 Å². The third kappa shape index (κ3) is 1.42. The van der Waals surface area contributed by atoms with E-state index in [1.807, 2.05) is 0 Å². The fourth-order valence-electron chi connectivity index (χ4n) is 2.54. The normalized spacial score (nSPS) is 55.4. The quantitative estimate of drug-likeness (QED) is 0.398. The molecule has 4 heteroatoms. The molecule has 0 spiro atoms. The molecule has 2 fully saturated rings. The van der Waals surface area contributed by atoms with E-state index in [0.717, 1.165) is 23.7 Å². The largest absolute Gasteiger partial charge is 0.389 e. The topological polar surface area (TPSA) is 66.5 Å². The van der Waals surface area contributed by atoms with Gasteiger partial charge < -0.3 is 15.9 Å². The second-order valence-electron chi connectivity index (χ2n) is 4.52. The molecule has 0 bridgehead atoms. The zero-order valence-corrected chi connectivity index (χ0v) is 9.70. The Morgan fingerprint density at radius 2 is 1.85 bits per heavy atom. The number of halogens is 1. The highest BCUT2D eigenvalue weighted by Crippen LogP contribution is 2.53. The van der Waals surface area contributed by atoms with E-state index in [1.54, 1.807) is 0 Å². The molecule has 0 aromatic heterocycles. The molecule has 0 amide bonds. The van der Waals surface area contributed by atoms with Crippen LogP contribution in [0.2, 0.25) is 0 Å². The highest BCUT2D eigenvalue weighted by Gasteiger charge is 2.56. The third-order valence-corrected chi connectivity index (χ3v) is 5.11. The summed E-state index contributed by atoms with van der Waals surface area (Å²) in [6, 6.07) is 0. The van der Waals surface area contributed by atoms with Crippen LogP contribution in [0.15, 0.2) is 0 Å². The van der Waals surface area contributed by atoms with Crippen molar-refractivity contribution in [3.63, 3.8) is 0 Å². The average Bonchev–Trinajstić information content (AvgIpc) is 2.09. The Kier molecular flexibility index (Phi) is 2.38. The summed E-state index contributed by atoms with van der Waals surface area (Å²) < 4.78 is 0.752. The zero-order chi connectivity index (χ0) is 9.69. The molecule has 2 aliphatic rings. The predicted molar refractivity (Wildman–Crippen MR) is 58.4 cm³/mol. The van der Waals surface area contributed by atoms with Gasteiger partial charge in [0, 0.05) is 10.3 Å². The molecule has 0 aromatic rings. The van der Waals surface area contributed by atoms with Crippen molar-refractivity contribution in [3.05, 3.63) is 0 Å². The Bertz CT molecular complexity index is 218. The Hall–Kier alpha value is 0.610. The fourth-order valence-corrected chi connectivity index (χ4v) is 3.49. The Labute approximate surface area is 91.8 Å². The molecule has 0 aliphatic heterocycles. The van der Waals surface area contributed by atoms with Gasteiger partial charge in [-0.2, -0.15) is 0 Å². The molecular formula is C9H16INO2. The van der Waals surface area contributed by atoms with Crippen molar-refractivity contribution in [2.45, 2.75) is 37.0 Å². The molecular weight excluding hydrogens is 281 g/mol. The lowest BCUT2D eigenvalue weighted by atomic mass is 9.56. The van der Waals surface area contributed by atoms with Gasteiger partial charge in [-0.1, -0.05) is 22.6 Å². The highest BCUT2D eigenvalue weighted by molar-refractivity contribution is 14.1. The summed E-state index contributed by atoms with van der Waals surface area (Å²) in [4.78, 5) is 0. The van der Waals surface area contributed by atoms with E-state index in [9.17, 15) is 10.2 Å². The first kappa shape index (κ1) is 10.1. The van der Waals surface area contributed by atoms with Gasteiger partial charge in [0.2, 0.25) is 0 Å². The Morgan fingerprint density at radius 3 is 2.08 bits per heavy atom. The van der Waals surface area contributed by atoms with Gasteiger partial charge >= 0.3 is 0 Å². The van der Waals surface area contributed by atoms with Gasteiger partial charge in [-0.05, 0) is 31.6 Å². The second kappa shape index (κ2) is 3.05. The lowest BCUT2D eigenvalue weighted by Crippen LogP contribution is -2.65. The molecule has 2 saturated carbocycles. The number of rotatable bonds is 2. The summed E-state index contributed by atoms with van der Waals surface area (Å²) >= 11 is 2.21. The van der Waals surface area contributed by atoms with Crippen LogP contribution in [0.3, 0.4) is 0 Å². The van der Waals surface area contributed by atoms with E-state index in [4.69, 9.17) is 5.73 Å². The summed E-state index contributed by atoms with van der Waals surface area (Å²) in [6.45, 7) is 0. The highest BCUT2D eigenvalue weighted by atomic mass is 127. The predicted octanol–water partition coefficient (Wildman–Crippen LogP) is 0.620. The van der Waals surface area contributed by atoms with Crippen LogP contribution in [0.25, 0.3) is 0 Å². The smallest absolute Gasteiger partial charge is 0.116 e. The second-order valence-corrected chi connectivity index (χ2v) is 5.28. The molecule has 3 nitrogen and oxygen atoms in total. The average molecular weight is 297 g/mol. The van der Waals surface area contributed by atoms with E-state index in [-0.39, 0.29) is 11.8 Å². The first-order valence-electron chi connectivity index (χ1n) is 4.79. The zero-order valence-electron chi connectivity index (χ0n) is 7.54. The molecule has 4 atom stereocenters. The monoisotopic (exact) mass is 297 g/mol. The molecule has 0 aromatic carbocycles. The molecule has 2 aliphatic carbocycles. The molecule has 76 valence electrons. The van der Waals surface area contributed by atoms with Crippen LogP contribution in [0.4, 0.5) is 0 Å². The van der Waals surface area contributed by atoms with Gasteiger partial charge in [0.05, 0.1) is 5.60 Å². The molecule has 13 heavy (non-hydrogen) atoms. The van der Waals surface area contributed by atoms with Gasteiger partial charge in [0.25, 0.3) is 0 Å².